The number of nitriles is 1. The van der Waals surface area contributed by atoms with Crippen molar-refractivity contribution in [1.82, 2.24) is 9.13 Å². The van der Waals surface area contributed by atoms with Crippen molar-refractivity contribution in [2.45, 2.75) is 51.9 Å². The average Bonchev–Trinajstić information content (AvgIpc) is 2.88. The molecule has 7 nitrogen and oxygen atoms in total. The SMILES string of the molecule is COC(=O)C1CCC(Cn2c(=O)c3cc(C)ccc3n(Cc3cccc(C(F)(F)F)c3C#N)c2=O)CC1. The van der Waals surface area contributed by atoms with Crippen molar-refractivity contribution < 1.29 is 22.7 Å². The lowest BCUT2D eigenvalue weighted by molar-refractivity contribution is -0.146. The Kier molecular flexibility index (Phi) is 7.25. The quantitative estimate of drug-likeness (QED) is 0.472. The number of benzene rings is 2. The van der Waals surface area contributed by atoms with Crippen LogP contribution in [0.2, 0.25) is 0 Å². The number of hydrogen-bond acceptors (Lipinski definition) is 5. The van der Waals surface area contributed by atoms with E-state index in [1.54, 1.807) is 31.2 Å². The average molecular weight is 514 g/mol. The zero-order valence-corrected chi connectivity index (χ0v) is 20.5. The van der Waals surface area contributed by atoms with E-state index in [0.717, 1.165) is 16.2 Å². The Hall–Kier alpha value is -3.87. The largest absolute Gasteiger partial charge is 0.469 e. The maximum Gasteiger partial charge on any atom is 0.417 e. The fraction of sp³-hybridized carbons (Fsp3) is 0.407. The van der Waals surface area contributed by atoms with Gasteiger partial charge in [0.1, 0.15) is 6.07 Å². The maximum absolute atomic E-state index is 13.6. The zero-order chi connectivity index (χ0) is 26.9. The normalized spacial score (nSPS) is 17.9. The Morgan fingerprint density at radius 1 is 1.11 bits per heavy atom. The molecule has 1 saturated carbocycles. The summed E-state index contributed by atoms with van der Waals surface area (Å²) in [4.78, 5) is 38.8. The van der Waals surface area contributed by atoms with E-state index in [1.165, 1.54) is 23.8 Å². The van der Waals surface area contributed by atoms with Gasteiger partial charge in [0.2, 0.25) is 0 Å². The van der Waals surface area contributed by atoms with E-state index in [0.29, 0.717) is 25.7 Å². The molecule has 1 aromatic heterocycles. The number of nitrogens with zero attached hydrogens (tertiary/aromatic N) is 3. The number of carbonyl (C=O) groups is 1. The number of esters is 1. The van der Waals surface area contributed by atoms with Crippen LogP contribution in [-0.4, -0.2) is 22.2 Å². The number of carbonyl (C=O) groups excluding carboxylic acids is 1. The number of aryl methyl sites for hydroxylation is 1. The molecule has 1 heterocycles. The lowest BCUT2D eigenvalue weighted by Gasteiger charge is -2.27. The van der Waals surface area contributed by atoms with Crippen molar-refractivity contribution in [1.29, 1.82) is 5.26 Å². The molecule has 1 aliphatic carbocycles. The molecule has 0 saturated heterocycles. The molecule has 1 aliphatic rings. The summed E-state index contributed by atoms with van der Waals surface area (Å²) in [6, 6.07) is 10.0. The molecule has 0 unspecified atom stereocenters. The van der Waals surface area contributed by atoms with Gasteiger partial charge in [-0.3, -0.25) is 18.7 Å². The van der Waals surface area contributed by atoms with Gasteiger partial charge < -0.3 is 4.74 Å². The van der Waals surface area contributed by atoms with Crippen LogP contribution in [0.1, 0.15) is 47.9 Å². The van der Waals surface area contributed by atoms with Crippen molar-refractivity contribution in [2.75, 3.05) is 7.11 Å². The molecule has 1 fully saturated rings. The minimum atomic E-state index is -4.73. The highest BCUT2D eigenvalue weighted by atomic mass is 19.4. The van der Waals surface area contributed by atoms with E-state index in [1.807, 2.05) is 0 Å². The summed E-state index contributed by atoms with van der Waals surface area (Å²) in [7, 11) is 1.34. The molecule has 0 spiro atoms. The highest BCUT2D eigenvalue weighted by Crippen LogP contribution is 2.33. The number of aromatic nitrogens is 2. The van der Waals surface area contributed by atoms with E-state index in [-0.39, 0.29) is 47.4 Å². The van der Waals surface area contributed by atoms with Gasteiger partial charge in [0.05, 0.1) is 41.6 Å². The second kappa shape index (κ2) is 10.2. The fourth-order valence-corrected chi connectivity index (χ4v) is 5.13. The highest BCUT2D eigenvalue weighted by Gasteiger charge is 2.34. The first-order valence-corrected chi connectivity index (χ1v) is 12.0. The van der Waals surface area contributed by atoms with Gasteiger partial charge in [-0.1, -0.05) is 23.8 Å². The number of rotatable bonds is 5. The lowest BCUT2D eigenvalue weighted by Crippen LogP contribution is -2.42. The van der Waals surface area contributed by atoms with E-state index < -0.39 is 28.6 Å². The monoisotopic (exact) mass is 513 g/mol. The smallest absolute Gasteiger partial charge is 0.417 e. The zero-order valence-electron chi connectivity index (χ0n) is 20.5. The van der Waals surface area contributed by atoms with Crippen LogP contribution in [0.25, 0.3) is 10.9 Å². The number of alkyl halides is 3. The van der Waals surface area contributed by atoms with E-state index in [9.17, 15) is 32.8 Å². The summed E-state index contributed by atoms with van der Waals surface area (Å²) < 4.78 is 47.8. The van der Waals surface area contributed by atoms with Crippen LogP contribution >= 0.6 is 0 Å². The Morgan fingerprint density at radius 2 is 1.81 bits per heavy atom. The number of ether oxygens (including phenoxy) is 1. The van der Waals surface area contributed by atoms with Crippen molar-refractivity contribution in [2.24, 2.45) is 11.8 Å². The molecule has 0 N–H and O–H groups in total. The molecular weight excluding hydrogens is 487 g/mol. The van der Waals surface area contributed by atoms with Gasteiger partial charge in [-0.15, -0.1) is 0 Å². The Balaban J connectivity index is 1.79. The van der Waals surface area contributed by atoms with Crippen LogP contribution in [0, 0.1) is 30.1 Å². The molecule has 0 atom stereocenters. The van der Waals surface area contributed by atoms with Crippen LogP contribution in [0.5, 0.6) is 0 Å². The van der Waals surface area contributed by atoms with Crippen LogP contribution < -0.4 is 11.2 Å². The number of hydrogen-bond donors (Lipinski definition) is 0. The molecule has 0 amide bonds. The van der Waals surface area contributed by atoms with Gasteiger partial charge in [0.15, 0.2) is 0 Å². The summed E-state index contributed by atoms with van der Waals surface area (Å²) in [5, 5.41) is 9.80. The molecule has 10 heteroatoms. The minimum Gasteiger partial charge on any atom is -0.469 e. The van der Waals surface area contributed by atoms with Gasteiger partial charge in [-0.05, 0) is 62.3 Å². The van der Waals surface area contributed by atoms with Crippen LogP contribution in [-0.2, 0) is 28.8 Å². The maximum atomic E-state index is 13.6. The lowest BCUT2D eigenvalue weighted by atomic mass is 9.82. The second-order valence-electron chi connectivity index (χ2n) is 9.50. The summed E-state index contributed by atoms with van der Waals surface area (Å²) in [6.45, 7) is 1.62. The van der Waals surface area contributed by atoms with Gasteiger partial charge in [0.25, 0.3) is 5.56 Å². The molecule has 2 aromatic carbocycles. The summed E-state index contributed by atoms with van der Waals surface area (Å²) in [5.74, 6) is -0.502. The van der Waals surface area contributed by atoms with Crippen molar-refractivity contribution in [3.8, 4) is 6.07 Å². The van der Waals surface area contributed by atoms with Crippen molar-refractivity contribution in [3.05, 3.63) is 79.5 Å². The molecule has 3 aromatic rings. The van der Waals surface area contributed by atoms with Gasteiger partial charge in [-0.25, -0.2) is 4.79 Å². The first-order valence-electron chi connectivity index (χ1n) is 12.0. The molecule has 0 bridgehead atoms. The third-order valence-electron chi connectivity index (χ3n) is 7.10. The Bertz CT molecular complexity index is 1510. The van der Waals surface area contributed by atoms with Crippen LogP contribution in [0.3, 0.4) is 0 Å². The van der Waals surface area contributed by atoms with Gasteiger partial charge in [0, 0.05) is 6.54 Å². The summed E-state index contributed by atoms with van der Waals surface area (Å²) in [6.07, 6.45) is -2.30. The summed E-state index contributed by atoms with van der Waals surface area (Å²) in [5.41, 5.74) is -1.65. The van der Waals surface area contributed by atoms with Gasteiger partial charge in [-0.2, -0.15) is 18.4 Å². The topological polar surface area (TPSA) is 94.1 Å². The third-order valence-corrected chi connectivity index (χ3v) is 7.10. The van der Waals surface area contributed by atoms with Gasteiger partial charge >= 0.3 is 17.8 Å². The third kappa shape index (κ3) is 5.17. The first kappa shape index (κ1) is 26.2. The first-order chi connectivity index (χ1) is 17.5. The molecule has 0 radical (unpaired) electrons. The molecular formula is C27H26F3N3O4. The number of halogens is 3. The molecule has 0 aliphatic heterocycles. The van der Waals surface area contributed by atoms with Crippen molar-refractivity contribution >= 4 is 16.9 Å². The highest BCUT2D eigenvalue weighted by molar-refractivity contribution is 5.79. The van der Waals surface area contributed by atoms with Crippen molar-refractivity contribution in [3.63, 3.8) is 0 Å². The minimum absolute atomic E-state index is 0.0229. The number of fused-ring (bicyclic) bond motifs is 1. The number of methoxy groups -OCH3 is 1. The van der Waals surface area contributed by atoms with E-state index in [4.69, 9.17) is 4.74 Å². The fourth-order valence-electron chi connectivity index (χ4n) is 5.13. The predicted octanol–water partition coefficient (Wildman–Crippen LogP) is 4.39. The van der Waals surface area contributed by atoms with Crippen LogP contribution in [0.15, 0.2) is 46.0 Å². The second-order valence-corrected chi connectivity index (χ2v) is 9.50. The van der Waals surface area contributed by atoms with E-state index in [2.05, 4.69) is 0 Å². The molecule has 37 heavy (non-hydrogen) atoms. The Morgan fingerprint density at radius 3 is 2.43 bits per heavy atom. The molecule has 194 valence electrons. The van der Waals surface area contributed by atoms with Crippen LogP contribution in [0.4, 0.5) is 13.2 Å². The summed E-state index contributed by atoms with van der Waals surface area (Å²) >= 11 is 0. The predicted molar refractivity (Wildman–Crippen MR) is 130 cm³/mol. The van der Waals surface area contributed by atoms with E-state index >= 15 is 0 Å². The Labute approximate surface area is 210 Å². The molecule has 4 rings (SSSR count). The standard InChI is InChI=1S/C27H26F3N3O4/c1-16-6-11-23-20(12-16)24(34)33(14-17-7-9-18(10-8-17)25(35)37-2)26(36)32(23)15-19-4-3-5-22(21(19)13-31)27(28,29)30/h3-6,11-12,17-18H,7-10,14-15H2,1-2H3.